The minimum absolute atomic E-state index is 0.352. The van der Waals surface area contributed by atoms with Gasteiger partial charge < -0.3 is 5.32 Å². The molecule has 0 radical (unpaired) electrons. The van der Waals surface area contributed by atoms with Gasteiger partial charge >= 0.3 is 0 Å². The molecule has 0 bridgehead atoms. The number of hydrogen-bond donors (Lipinski definition) is 1. The monoisotopic (exact) mass is 290 g/mol. The van der Waals surface area contributed by atoms with Crippen LogP contribution < -0.4 is 5.32 Å². The van der Waals surface area contributed by atoms with E-state index in [-0.39, 0.29) is 0 Å². The van der Waals surface area contributed by atoms with Crippen molar-refractivity contribution in [2.75, 3.05) is 13.1 Å². The third-order valence-electron chi connectivity index (χ3n) is 5.98. The highest BCUT2D eigenvalue weighted by Gasteiger charge is 2.53. The van der Waals surface area contributed by atoms with Gasteiger partial charge in [0.2, 0.25) is 0 Å². The van der Waals surface area contributed by atoms with E-state index in [1.165, 1.54) is 44.3 Å². The Bertz CT molecular complexity index is 477. The smallest absolute Gasteiger partial charge is 0.0338 e. The molecule has 1 aromatic heterocycles. The van der Waals surface area contributed by atoms with Gasteiger partial charge in [-0.15, -0.1) is 0 Å². The van der Waals surface area contributed by atoms with Crippen LogP contribution in [0.1, 0.15) is 45.1 Å². The van der Waals surface area contributed by atoms with Crippen molar-refractivity contribution in [3.63, 3.8) is 0 Å². The van der Waals surface area contributed by atoms with Crippen LogP contribution in [-0.4, -0.2) is 29.1 Å². The van der Waals surface area contributed by atoms with Crippen LogP contribution in [0, 0.1) is 11.8 Å². The largest absolute Gasteiger partial charge is 0.308 e. The molecule has 2 heterocycles. The Labute approximate surface area is 126 Å². The second-order valence-electron chi connectivity index (χ2n) is 7.66. The molecule has 2 saturated carbocycles. The first-order valence-corrected chi connectivity index (χ1v) is 9.06. The third kappa shape index (κ3) is 2.24. The van der Waals surface area contributed by atoms with E-state index in [0.717, 1.165) is 18.4 Å². The molecule has 1 aliphatic heterocycles. The molecule has 2 aliphatic carbocycles. The highest BCUT2D eigenvalue weighted by molar-refractivity contribution is 7.07. The van der Waals surface area contributed by atoms with Gasteiger partial charge in [-0.3, -0.25) is 4.90 Å². The maximum atomic E-state index is 3.94. The fourth-order valence-corrected chi connectivity index (χ4v) is 4.73. The SMILES string of the molecule is CC1(C2CC2)CN(Cc2ccsc2)C(C)(C2CC2)CN1. The van der Waals surface area contributed by atoms with Gasteiger partial charge in [-0.2, -0.15) is 11.3 Å². The average Bonchev–Trinajstić information content (AvgIpc) is 3.32. The summed E-state index contributed by atoms with van der Waals surface area (Å²) in [6.07, 6.45) is 5.71. The summed E-state index contributed by atoms with van der Waals surface area (Å²) in [5.41, 5.74) is 2.22. The summed E-state index contributed by atoms with van der Waals surface area (Å²) in [4.78, 5) is 2.81. The molecule has 0 amide bonds. The number of rotatable bonds is 4. The highest BCUT2D eigenvalue weighted by Crippen LogP contribution is 2.48. The molecule has 4 rings (SSSR count). The first-order valence-electron chi connectivity index (χ1n) is 8.11. The Morgan fingerprint density at radius 1 is 1.25 bits per heavy atom. The van der Waals surface area contributed by atoms with Gasteiger partial charge in [0, 0.05) is 30.7 Å². The van der Waals surface area contributed by atoms with Crippen LogP contribution >= 0.6 is 11.3 Å². The van der Waals surface area contributed by atoms with Crippen LogP contribution in [0.3, 0.4) is 0 Å². The summed E-state index contributed by atoms with van der Waals surface area (Å²) in [5.74, 6) is 1.83. The molecule has 2 atom stereocenters. The van der Waals surface area contributed by atoms with Crippen molar-refractivity contribution in [3.8, 4) is 0 Å². The summed E-state index contributed by atoms with van der Waals surface area (Å²) < 4.78 is 0. The van der Waals surface area contributed by atoms with E-state index in [0.29, 0.717) is 11.1 Å². The van der Waals surface area contributed by atoms with Gasteiger partial charge in [0.1, 0.15) is 0 Å². The van der Waals surface area contributed by atoms with Crippen molar-refractivity contribution in [1.82, 2.24) is 10.2 Å². The third-order valence-corrected chi connectivity index (χ3v) is 6.71. The summed E-state index contributed by atoms with van der Waals surface area (Å²) in [5, 5.41) is 8.48. The van der Waals surface area contributed by atoms with Crippen LogP contribution in [0.4, 0.5) is 0 Å². The minimum atomic E-state index is 0.352. The van der Waals surface area contributed by atoms with Crippen molar-refractivity contribution in [2.45, 2.75) is 57.2 Å². The van der Waals surface area contributed by atoms with Crippen LogP contribution in [0.15, 0.2) is 16.8 Å². The van der Waals surface area contributed by atoms with Gasteiger partial charge in [-0.1, -0.05) is 0 Å². The molecule has 0 aromatic carbocycles. The second-order valence-corrected chi connectivity index (χ2v) is 8.44. The first kappa shape index (κ1) is 13.3. The van der Waals surface area contributed by atoms with E-state index >= 15 is 0 Å². The van der Waals surface area contributed by atoms with Crippen LogP contribution in [0.25, 0.3) is 0 Å². The van der Waals surface area contributed by atoms with E-state index in [4.69, 9.17) is 0 Å². The maximum Gasteiger partial charge on any atom is 0.0338 e. The Balaban J connectivity index is 1.57. The quantitative estimate of drug-likeness (QED) is 0.913. The zero-order valence-electron chi connectivity index (χ0n) is 12.7. The van der Waals surface area contributed by atoms with Gasteiger partial charge in [0.25, 0.3) is 0 Å². The molecule has 20 heavy (non-hydrogen) atoms. The van der Waals surface area contributed by atoms with Crippen molar-refractivity contribution in [2.24, 2.45) is 11.8 Å². The Kier molecular flexibility index (Phi) is 3.03. The Hall–Kier alpha value is -0.380. The number of nitrogens with one attached hydrogen (secondary N) is 1. The van der Waals surface area contributed by atoms with Gasteiger partial charge in [-0.05, 0) is 73.8 Å². The zero-order valence-corrected chi connectivity index (χ0v) is 13.5. The molecule has 110 valence electrons. The lowest BCUT2D eigenvalue weighted by Crippen LogP contribution is -2.69. The molecule has 3 fully saturated rings. The minimum Gasteiger partial charge on any atom is -0.308 e. The molecule has 1 N–H and O–H groups in total. The number of hydrogen-bond acceptors (Lipinski definition) is 3. The fraction of sp³-hybridized carbons (Fsp3) is 0.765. The molecule has 0 spiro atoms. The zero-order chi connectivity index (χ0) is 13.8. The van der Waals surface area contributed by atoms with Crippen molar-refractivity contribution in [1.29, 1.82) is 0 Å². The van der Waals surface area contributed by atoms with Crippen LogP contribution in [0.5, 0.6) is 0 Å². The predicted octanol–water partition coefficient (Wildman–Crippen LogP) is 3.49. The van der Waals surface area contributed by atoms with E-state index < -0.39 is 0 Å². The Morgan fingerprint density at radius 3 is 2.60 bits per heavy atom. The molecular formula is C17H26N2S. The lowest BCUT2D eigenvalue weighted by atomic mass is 9.83. The molecule has 3 heteroatoms. The molecule has 1 saturated heterocycles. The predicted molar refractivity (Wildman–Crippen MR) is 85.0 cm³/mol. The average molecular weight is 290 g/mol. The summed E-state index contributed by atoms with van der Waals surface area (Å²) in [7, 11) is 0. The number of thiophene rings is 1. The summed E-state index contributed by atoms with van der Waals surface area (Å²) in [6.45, 7) is 8.49. The lowest BCUT2D eigenvalue weighted by Gasteiger charge is -2.53. The van der Waals surface area contributed by atoms with Gasteiger partial charge in [0.15, 0.2) is 0 Å². The van der Waals surface area contributed by atoms with E-state index in [2.05, 4.69) is 40.9 Å². The van der Waals surface area contributed by atoms with E-state index in [1.807, 2.05) is 11.3 Å². The van der Waals surface area contributed by atoms with Crippen molar-refractivity contribution in [3.05, 3.63) is 22.4 Å². The molecule has 2 unspecified atom stereocenters. The van der Waals surface area contributed by atoms with E-state index in [1.54, 1.807) is 0 Å². The molecule has 2 nitrogen and oxygen atoms in total. The highest BCUT2D eigenvalue weighted by atomic mass is 32.1. The molecular weight excluding hydrogens is 264 g/mol. The van der Waals surface area contributed by atoms with Crippen LogP contribution in [-0.2, 0) is 6.54 Å². The summed E-state index contributed by atoms with van der Waals surface area (Å²) in [6, 6.07) is 2.30. The van der Waals surface area contributed by atoms with Gasteiger partial charge in [0.05, 0.1) is 0 Å². The van der Waals surface area contributed by atoms with Crippen molar-refractivity contribution < 1.29 is 0 Å². The van der Waals surface area contributed by atoms with Crippen molar-refractivity contribution >= 4 is 11.3 Å². The van der Waals surface area contributed by atoms with E-state index in [9.17, 15) is 0 Å². The molecule has 1 aromatic rings. The standard InChI is InChI=1S/C17H26N2S/c1-16(14-3-4-14)12-19(9-13-7-8-20-10-13)17(2,11-18-16)15-5-6-15/h7-8,10,14-15,18H,3-6,9,11-12H2,1-2H3. The molecule has 3 aliphatic rings. The number of nitrogens with zero attached hydrogens (tertiary/aromatic N) is 1. The normalized spacial score (nSPS) is 39.1. The van der Waals surface area contributed by atoms with Crippen LogP contribution in [0.2, 0.25) is 0 Å². The topological polar surface area (TPSA) is 15.3 Å². The first-order chi connectivity index (χ1) is 9.60. The Morgan fingerprint density at radius 2 is 2.00 bits per heavy atom. The maximum absolute atomic E-state index is 3.94. The number of piperazine rings is 1. The summed E-state index contributed by atoms with van der Waals surface area (Å²) >= 11 is 1.83. The van der Waals surface area contributed by atoms with Gasteiger partial charge in [-0.25, -0.2) is 0 Å². The second kappa shape index (κ2) is 4.56. The lowest BCUT2D eigenvalue weighted by molar-refractivity contribution is -0.00699. The fourth-order valence-electron chi connectivity index (χ4n) is 4.07.